The number of thioether (sulfide) groups is 1. The summed E-state index contributed by atoms with van der Waals surface area (Å²) in [6.07, 6.45) is 1.68. The minimum Gasteiger partial charge on any atom is -0.484 e. The van der Waals surface area contributed by atoms with Crippen molar-refractivity contribution in [2.45, 2.75) is 6.92 Å². The molecule has 0 atom stereocenters. The minimum atomic E-state index is -0.288. The highest BCUT2D eigenvalue weighted by Gasteiger charge is 2.22. The fourth-order valence-corrected chi connectivity index (χ4v) is 3.04. The van der Waals surface area contributed by atoms with Gasteiger partial charge in [-0.3, -0.25) is 15.0 Å². The Bertz CT molecular complexity index is 908. The third-order valence-corrected chi connectivity index (χ3v) is 4.44. The molecule has 1 aliphatic heterocycles. The van der Waals surface area contributed by atoms with Gasteiger partial charge < -0.3 is 15.4 Å². The Morgan fingerprint density at radius 3 is 2.81 bits per heavy atom. The molecule has 26 heavy (non-hydrogen) atoms. The van der Waals surface area contributed by atoms with Crippen molar-refractivity contribution in [1.29, 1.82) is 5.41 Å². The Labute approximate surface area is 155 Å². The van der Waals surface area contributed by atoms with Crippen molar-refractivity contribution in [3.8, 4) is 5.75 Å². The Morgan fingerprint density at radius 1 is 1.27 bits per heavy atom. The average molecular weight is 367 g/mol. The third kappa shape index (κ3) is 4.52. The lowest BCUT2D eigenvalue weighted by molar-refractivity contribution is -0.118. The van der Waals surface area contributed by atoms with Crippen LogP contribution in [0.25, 0.3) is 6.08 Å². The molecule has 0 saturated carbocycles. The van der Waals surface area contributed by atoms with Crippen LogP contribution in [0.4, 0.5) is 5.69 Å². The van der Waals surface area contributed by atoms with Crippen molar-refractivity contribution in [2.75, 3.05) is 11.9 Å². The molecule has 0 spiro atoms. The van der Waals surface area contributed by atoms with E-state index in [9.17, 15) is 9.59 Å². The van der Waals surface area contributed by atoms with Gasteiger partial charge in [0.1, 0.15) is 5.75 Å². The summed E-state index contributed by atoms with van der Waals surface area (Å²) < 4.78 is 5.54. The molecule has 2 aromatic carbocycles. The third-order valence-electron chi connectivity index (χ3n) is 3.61. The van der Waals surface area contributed by atoms with Gasteiger partial charge in [-0.25, -0.2) is 0 Å². The van der Waals surface area contributed by atoms with Crippen molar-refractivity contribution in [2.24, 2.45) is 0 Å². The molecule has 0 aromatic heterocycles. The van der Waals surface area contributed by atoms with Crippen molar-refractivity contribution in [3.63, 3.8) is 0 Å². The van der Waals surface area contributed by atoms with E-state index < -0.39 is 0 Å². The minimum absolute atomic E-state index is 0.113. The number of hydrogen-bond acceptors (Lipinski definition) is 5. The molecule has 2 amide bonds. The zero-order valence-corrected chi connectivity index (χ0v) is 14.9. The van der Waals surface area contributed by atoms with Gasteiger partial charge in [0.25, 0.3) is 11.8 Å². The van der Waals surface area contributed by atoms with Crippen LogP contribution < -0.4 is 15.4 Å². The van der Waals surface area contributed by atoms with Crippen LogP contribution in [0, 0.1) is 12.3 Å². The maximum Gasteiger partial charge on any atom is 0.264 e. The molecule has 132 valence electrons. The van der Waals surface area contributed by atoms with Crippen LogP contribution in [0.1, 0.15) is 11.1 Å². The standard InChI is InChI=1S/C19H17N3O3S/c1-12-5-2-3-8-15(12)21-17(23)11-25-14-7-4-6-13(9-14)10-16-18(24)22-19(20)26-16/h2-10H,11H2,1H3,(H,21,23)(H2,20,22,24). The van der Waals surface area contributed by atoms with E-state index in [0.29, 0.717) is 10.7 Å². The van der Waals surface area contributed by atoms with Gasteiger partial charge in [-0.15, -0.1) is 0 Å². The molecule has 0 unspecified atom stereocenters. The van der Waals surface area contributed by atoms with Gasteiger partial charge in [0.05, 0.1) is 4.91 Å². The van der Waals surface area contributed by atoms with Gasteiger partial charge in [0.2, 0.25) is 0 Å². The first kappa shape index (κ1) is 17.8. The molecule has 1 fully saturated rings. The molecule has 0 bridgehead atoms. The zero-order chi connectivity index (χ0) is 18.5. The van der Waals surface area contributed by atoms with Crippen molar-refractivity contribution in [3.05, 3.63) is 64.6 Å². The maximum atomic E-state index is 12.1. The molecule has 7 heteroatoms. The fraction of sp³-hybridized carbons (Fsp3) is 0.105. The van der Waals surface area contributed by atoms with Gasteiger partial charge in [0, 0.05) is 5.69 Å². The van der Waals surface area contributed by atoms with E-state index in [-0.39, 0.29) is 23.6 Å². The van der Waals surface area contributed by atoms with Crippen LogP contribution in [-0.4, -0.2) is 23.6 Å². The summed E-state index contributed by atoms with van der Waals surface area (Å²) in [4.78, 5) is 24.2. The summed E-state index contributed by atoms with van der Waals surface area (Å²) in [5.41, 5.74) is 2.49. The van der Waals surface area contributed by atoms with Crippen LogP contribution in [0.15, 0.2) is 53.4 Å². The van der Waals surface area contributed by atoms with Crippen molar-refractivity contribution < 1.29 is 14.3 Å². The van der Waals surface area contributed by atoms with Gasteiger partial charge >= 0.3 is 0 Å². The van der Waals surface area contributed by atoms with Crippen LogP contribution >= 0.6 is 11.8 Å². The molecule has 1 heterocycles. The monoisotopic (exact) mass is 367 g/mol. The highest BCUT2D eigenvalue weighted by atomic mass is 32.2. The predicted molar refractivity (Wildman–Crippen MR) is 103 cm³/mol. The van der Waals surface area contributed by atoms with Crippen LogP contribution in [0.3, 0.4) is 0 Å². The number of ether oxygens (including phenoxy) is 1. The number of amidine groups is 1. The predicted octanol–water partition coefficient (Wildman–Crippen LogP) is 3.15. The van der Waals surface area contributed by atoms with Gasteiger partial charge in [-0.1, -0.05) is 30.3 Å². The molecular weight excluding hydrogens is 350 g/mol. The molecule has 1 saturated heterocycles. The van der Waals surface area contributed by atoms with Gasteiger partial charge in [0.15, 0.2) is 11.8 Å². The molecule has 2 aromatic rings. The second-order valence-electron chi connectivity index (χ2n) is 5.62. The second kappa shape index (κ2) is 7.88. The Morgan fingerprint density at radius 2 is 2.08 bits per heavy atom. The van der Waals surface area contributed by atoms with E-state index in [1.54, 1.807) is 24.3 Å². The summed E-state index contributed by atoms with van der Waals surface area (Å²) >= 11 is 1.07. The van der Waals surface area contributed by atoms with Crippen molar-refractivity contribution >= 4 is 40.5 Å². The SMILES string of the molecule is Cc1ccccc1NC(=O)COc1cccc(C=C2SC(=N)NC2=O)c1. The van der Waals surface area contributed by atoms with E-state index in [0.717, 1.165) is 28.6 Å². The zero-order valence-electron chi connectivity index (χ0n) is 14.0. The summed E-state index contributed by atoms with van der Waals surface area (Å²) in [6, 6.07) is 14.6. The quantitative estimate of drug-likeness (QED) is 0.708. The second-order valence-corrected chi connectivity index (χ2v) is 6.67. The molecule has 3 N–H and O–H groups in total. The first-order chi connectivity index (χ1) is 12.5. The average Bonchev–Trinajstić information content (AvgIpc) is 2.93. The van der Waals surface area contributed by atoms with Gasteiger partial charge in [-0.2, -0.15) is 0 Å². The highest BCUT2D eigenvalue weighted by Crippen LogP contribution is 2.26. The smallest absolute Gasteiger partial charge is 0.264 e. The lowest BCUT2D eigenvalue weighted by atomic mass is 10.2. The number of carbonyl (C=O) groups is 2. The number of para-hydroxylation sites is 1. The van der Waals surface area contributed by atoms with Crippen molar-refractivity contribution in [1.82, 2.24) is 5.32 Å². The Kier molecular flexibility index (Phi) is 5.38. The maximum absolute atomic E-state index is 12.1. The molecule has 0 radical (unpaired) electrons. The molecule has 3 rings (SSSR count). The largest absolute Gasteiger partial charge is 0.484 e. The van der Waals surface area contributed by atoms with E-state index in [2.05, 4.69) is 10.6 Å². The number of nitrogens with one attached hydrogen (secondary N) is 3. The number of rotatable bonds is 5. The first-order valence-electron chi connectivity index (χ1n) is 7.89. The molecule has 0 aliphatic carbocycles. The summed E-state index contributed by atoms with van der Waals surface area (Å²) in [5.74, 6) is -0.0103. The topological polar surface area (TPSA) is 91.3 Å². The fourth-order valence-electron chi connectivity index (χ4n) is 2.34. The molecular formula is C19H17N3O3S. The number of carbonyl (C=O) groups excluding carboxylic acids is 2. The summed E-state index contributed by atoms with van der Waals surface area (Å²) in [6.45, 7) is 1.80. The number of hydrogen-bond donors (Lipinski definition) is 3. The van der Waals surface area contributed by atoms with E-state index in [4.69, 9.17) is 10.1 Å². The number of aryl methyl sites for hydroxylation is 1. The summed E-state index contributed by atoms with van der Waals surface area (Å²) in [7, 11) is 0. The van der Waals surface area contributed by atoms with E-state index >= 15 is 0 Å². The Balaban J connectivity index is 1.61. The number of benzene rings is 2. The lowest BCUT2D eigenvalue weighted by Crippen LogP contribution is -2.20. The van der Waals surface area contributed by atoms with Gasteiger partial charge in [-0.05, 0) is 54.1 Å². The van der Waals surface area contributed by atoms with E-state index in [1.807, 2.05) is 37.3 Å². The van der Waals surface area contributed by atoms with E-state index in [1.165, 1.54) is 0 Å². The van der Waals surface area contributed by atoms with Crippen LogP contribution in [0.2, 0.25) is 0 Å². The number of anilines is 1. The van der Waals surface area contributed by atoms with Crippen LogP contribution in [-0.2, 0) is 9.59 Å². The number of amides is 2. The first-order valence-corrected chi connectivity index (χ1v) is 8.71. The molecule has 1 aliphatic rings. The summed E-state index contributed by atoms with van der Waals surface area (Å²) in [5, 5.41) is 12.8. The highest BCUT2D eigenvalue weighted by molar-refractivity contribution is 8.18. The normalized spacial score (nSPS) is 15.0. The lowest BCUT2D eigenvalue weighted by Gasteiger charge is -2.09. The Hall–Kier alpha value is -3.06. The molecule has 6 nitrogen and oxygen atoms in total. The van der Waals surface area contributed by atoms with Crippen LogP contribution in [0.5, 0.6) is 5.75 Å².